The molecule has 4 nitrogen and oxygen atoms in total. The third-order valence-corrected chi connectivity index (χ3v) is 3.05. The lowest BCUT2D eigenvalue weighted by Gasteiger charge is -2.13. The van der Waals surface area contributed by atoms with Gasteiger partial charge in [0.05, 0.1) is 22.8 Å². The van der Waals surface area contributed by atoms with Crippen molar-refractivity contribution in [3.63, 3.8) is 0 Å². The third kappa shape index (κ3) is 2.67. The highest BCUT2D eigenvalue weighted by Crippen LogP contribution is 2.41. The van der Waals surface area contributed by atoms with Crippen LogP contribution in [-0.4, -0.2) is 17.3 Å². The van der Waals surface area contributed by atoms with Crippen LogP contribution in [-0.2, 0) is 6.18 Å². The number of hydrogen-bond acceptors (Lipinski definition) is 3. The predicted octanol–water partition coefficient (Wildman–Crippen LogP) is 3.45. The number of methoxy groups -OCH3 is 1. The summed E-state index contributed by atoms with van der Waals surface area (Å²) in [5.74, 6) is 0.460. The monoisotopic (exact) mass is 335 g/mol. The maximum atomic E-state index is 12.8. The van der Waals surface area contributed by atoms with Crippen molar-refractivity contribution in [2.45, 2.75) is 6.18 Å². The van der Waals surface area contributed by atoms with Crippen molar-refractivity contribution in [1.82, 2.24) is 10.2 Å². The molecule has 0 unspecified atom stereocenters. The Morgan fingerprint density at radius 2 is 2.00 bits per heavy atom. The Hall–Kier alpha value is -1.70. The fourth-order valence-corrected chi connectivity index (χ4v) is 2.26. The second kappa shape index (κ2) is 4.76. The van der Waals surface area contributed by atoms with Crippen molar-refractivity contribution in [2.24, 2.45) is 0 Å². The molecule has 0 atom stereocenters. The predicted molar refractivity (Wildman–Crippen MR) is 67.7 cm³/mol. The number of halogens is 4. The Morgan fingerprint density at radius 1 is 1.32 bits per heavy atom. The van der Waals surface area contributed by atoms with Gasteiger partial charge in [-0.15, -0.1) is 0 Å². The first-order valence-corrected chi connectivity index (χ1v) is 5.88. The van der Waals surface area contributed by atoms with Gasteiger partial charge in [-0.05, 0) is 28.1 Å². The van der Waals surface area contributed by atoms with Gasteiger partial charge in [-0.2, -0.15) is 18.3 Å². The molecular formula is C11H9BrF3N3O. The Bertz CT molecular complexity index is 610. The number of aromatic amines is 1. The van der Waals surface area contributed by atoms with Crippen LogP contribution in [0.4, 0.5) is 19.0 Å². The quantitative estimate of drug-likeness (QED) is 0.883. The van der Waals surface area contributed by atoms with E-state index in [1.165, 1.54) is 13.2 Å². The Kier molecular flexibility index (Phi) is 3.44. The first kappa shape index (κ1) is 13.7. The zero-order chi connectivity index (χ0) is 14.2. The fraction of sp³-hybridized carbons (Fsp3) is 0.182. The summed E-state index contributed by atoms with van der Waals surface area (Å²) in [5, 5.41) is 6.25. The number of aromatic nitrogens is 2. The molecule has 0 spiro atoms. The van der Waals surface area contributed by atoms with E-state index in [-0.39, 0.29) is 21.6 Å². The van der Waals surface area contributed by atoms with Crippen molar-refractivity contribution in [3.8, 4) is 17.0 Å². The zero-order valence-corrected chi connectivity index (χ0v) is 11.3. The van der Waals surface area contributed by atoms with Crippen LogP contribution >= 0.6 is 15.9 Å². The van der Waals surface area contributed by atoms with Crippen LogP contribution in [0.5, 0.6) is 5.75 Å². The molecule has 2 rings (SSSR count). The lowest BCUT2D eigenvalue weighted by molar-refractivity contribution is -0.137. The van der Waals surface area contributed by atoms with Crippen LogP contribution in [0.3, 0.4) is 0 Å². The van der Waals surface area contributed by atoms with Gasteiger partial charge >= 0.3 is 6.18 Å². The first-order valence-electron chi connectivity index (χ1n) is 5.09. The number of nitrogen functional groups attached to an aromatic ring is 1. The molecule has 0 aliphatic rings. The van der Waals surface area contributed by atoms with Crippen LogP contribution in [0, 0.1) is 0 Å². The van der Waals surface area contributed by atoms with Gasteiger partial charge in [-0.25, -0.2) is 0 Å². The Morgan fingerprint density at radius 3 is 2.47 bits per heavy atom. The molecule has 0 radical (unpaired) electrons. The average molecular weight is 336 g/mol. The van der Waals surface area contributed by atoms with Gasteiger partial charge in [0.25, 0.3) is 0 Å². The van der Waals surface area contributed by atoms with E-state index >= 15 is 0 Å². The van der Waals surface area contributed by atoms with E-state index in [0.717, 1.165) is 12.1 Å². The van der Waals surface area contributed by atoms with E-state index in [9.17, 15) is 13.2 Å². The van der Waals surface area contributed by atoms with E-state index in [2.05, 4.69) is 26.1 Å². The number of benzene rings is 1. The summed E-state index contributed by atoms with van der Waals surface area (Å²) in [6.45, 7) is 0. The van der Waals surface area contributed by atoms with Gasteiger partial charge in [-0.1, -0.05) is 0 Å². The molecule has 1 aromatic heterocycles. The van der Waals surface area contributed by atoms with E-state index in [0.29, 0.717) is 5.69 Å². The molecule has 0 saturated carbocycles. The molecule has 0 aliphatic carbocycles. The van der Waals surface area contributed by atoms with Crippen LogP contribution in [0.2, 0.25) is 0 Å². The number of anilines is 1. The van der Waals surface area contributed by atoms with Crippen molar-refractivity contribution in [1.29, 1.82) is 0 Å². The number of rotatable bonds is 2. The van der Waals surface area contributed by atoms with Crippen molar-refractivity contribution in [3.05, 3.63) is 28.2 Å². The molecule has 3 N–H and O–H groups in total. The summed E-state index contributed by atoms with van der Waals surface area (Å²) < 4.78 is 43.7. The van der Waals surface area contributed by atoms with Crippen LogP contribution in [0.25, 0.3) is 11.3 Å². The molecule has 0 saturated heterocycles. The minimum atomic E-state index is -4.45. The lowest BCUT2D eigenvalue weighted by atomic mass is 10.1. The summed E-state index contributed by atoms with van der Waals surface area (Å²) in [6, 6.07) is 3.38. The normalized spacial score (nSPS) is 11.6. The molecule has 102 valence electrons. The zero-order valence-electron chi connectivity index (χ0n) is 9.68. The van der Waals surface area contributed by atoms with Gasteiger partial charge in [0.15, 0.2) is 0 Å². The summed E-state index contributed by atoms with van der Waals surface area (Å²) in [4.78, 5) is 0. The molecule has 19 heavy (non-hydrogen) atoms. The highest BCUT2D eigenvalue weighted by atomic mass is 79.9. The highest BCUT2D eigenvalue weighted by molar-refractivity contribution is 9.10. The van der Waals surface area contributed by atoms with E-state index in [1.807, 2.05) is 0 Å². The first-order chi connectivity index (χ1) is 8.82. The molecule has 0 amide bonds. The number of nitrogens with one attached hydrogen (secondary N) is 1. The number of hydrogen-bond donors (Lipinski definition) is 2. The number of alkyl halides is 3. The third-order valence-electron chi connectivity index (χ3n) is 2.46. The molecule has 0 bridgehead atoms. The number of nitrogens with zero attached hydrogens (tertiary/aromatic N) is 1. The van der Waals surface area contributed by atoms with Gasteiger partial charge < -0.3 is 10.5 Å². The largest absolute Gasteiger partial charge is 0.495 e. The summed E-state index contributed by atoms with van der Waals surface area (Å²) >= 11 is 3.06. The van der Waals surface area contributed by atoms with Crippen molar-refractivity contribution in [2.75, 3.05) is 12.8 Å². The molecule has 0 aliphatic heterocycles. The van der Waals surface area contributed by atoms with Crippen LogP contribution < -0.4 is 10.5 Å². The van der Waals surface area contributed by atoms with Crippen molar-refractivity contribution >= 4 is 21.7 Å². The smallest absolute Gasteiger partial charge is 0.416 e. The van der Waals surface area contributed by atoms with Gasteiger partial charge in [0, 0.05) is 11.6 Å². The summed E-state index contributed by atoms with van der Waals surface area (Å²) in [7, 11) is 1.37. The molecular weight excluding hydrogens is 327 g/mol. The van der Waals surface area contributed by atoms with Gasteiger partial charge in [0.1, 0.15) is 11.6 Å². The van der Waals surface area contributed by atoms with Crippen LogP contribution in [0.15, 0.2) is 22.7 Å². The fourth-order valence-electron chi connectivity index (χ4n) is 1.64. The van der Waals surface area contributed by atoms with E-state index in [1.54, 1.807) is 0 Å². The lowest BCUT2D eigenvalue weighted by Crippen LogP contribution is -2.06. The molecule has 0 fully saturated rings. The average Bonchev–Trinajstić information content (AvgIpc) is 2.73. The Balaban J connectivity index is 2.66. The van der Waals surface area contributed by atoms with Gasteiger partial charge in [-0.3, -0.25) is 5.10 Å². The Labute approximate surface area is 114 Å². The SMILES string of the molecule is COc1c(Br)cc(C(F)(F)F)cc1-c1cc(N)n[nH]1. The topological polar surface area (TPSA) is 63.9 Å². The van der Waals surface area contributed by atoms with Crippen molar-refractivity contribution < 1.29 is 17.9 Å². The number of nitrogens with two attached hydrogens (primary N) is 1. The number of ether oxygens (including phenoxy) is 1. The molecule has 1 heterocycles. The maximum absolute atomic E-state index is 12.8. The summed E-state index contributed by atoms with van der Waals surface area (Å²) in [6.07, 6.45) is -4.45. The van der Waals surface area contributed by atoms with E-state index < -0.39 is 11.7 Å². The van der Waals surface area contributed by atoms with E-state index in [4.69, 9.17) is 10.5 Å². The molecule has 2 aromatic rings. The highest BCUT2D eigenvalue weighted by Gasteiger charge is 2.32. The molecule has 1 aromatic carbocycles. The standard InChI is InChI=1S/C11H9BrF3N3O/c1-19-10-6(8-4-9(16)18-17-8)2-5(3-7(10)12)11(13,14)15/h2-4H,1H3,(H3,16,17,18). The van der Waals surface area contributed by atoms with Crippen LogP contribution in [0.1, 0.15) is 5.56 Å². The van der Waals surface area contributed by atoms with Gasteiger partial charge in [0.2, 0.25) is 0 Å². The second-order valence-electron chi connectivity index (χ2n) is 3.74. The minimum absolute atomic E-state index is 0.186. The maximum Gasteiger partial charge on any atom is 0.416 e. The number of H-pyrrole nitrogens is 1. The summed E-state index contributed by atoms with van der Waals surface area (Å²) in [5.41, 5.74) is 5.24. The minimum Gasteiger partial charge on any atom is -0.495 e. The second-order valence-corrected chi connectivity index (χ2v) is 4.60. The molecule has 8 heteroatoms.